The molecule has 0 bridgehead atoms. The summed E-state index contributed by atoms with van der Waals surface area (Å²) in [6, 6.07) is 13.6. The largest absolute Gasteiger partial charge is 0.478 e. The molecule has 2 aromatic carbocycles. The summed E-state index contributed by atoms with van der Waals surface area (Å²) in [5, 5.41) is 21.3. The third-order valence-corrected chi connectivity index (χ3v) is 4.83. The van der Waals surface area contributed by atoms with Crippen molar-refractivity contribution in [3.05, 3.63) is 81.0 Å². The minimum Gasteiger partial charge on any atom is -0.478 e. The van der Waals surface area contributed by atoms with Crippen molar-refractivity contribution in [3.8, 4) is 0 Å². The summed E-state index contributed by atoms with van der Waals surface area (Å²) in [5.41, 5.74) is 4.29. The molecule has 0 aliphatic heterocycles. The van der Waals surface area contributed by atoms with E-state index in [1.165, 1.54) is 12.1 Å². The molecule has 1 aromatic heterocycles. The van der Waals surface area contributed by atoms with Gasteiger partial charge in [-0.2, -0.15) is 0 Å². The minimum absolute atomic E-state index is 0.0403. The van der Waals surface area contributed by atoms with E-state index in [1.807, 2.05) is 24.3 Å². The van der Waals surface area contributed by atoms with E-state index in [0.717, 1.165) is 35.2 Å². The zero-order valence-corrected chi connectivity index (χ0v) is 14.4. The molecule has 1 N–H and O–H groups in total. The Morgan fingerprint density at radius 1 is 1.11 bits per heavy atom. The summed E-state index contributed by atoms with van der Waals surface area (Å²) in [7, 11) is 0. The van der Waals surface area contributed by atoms with Gasteiger partial charge in [0.2, 0.25) is 0 Å². The summed E-state index contributed by atoms with van der Waals surface area (Å²) < 4.78 is 0. The van der Waals surface area contributed by atoms with E-state index in [4.69, 9.17) is 4.98 Å². The van der Waals surface area contributed by atoms with Crippen molar-refractivity contribution in [3.63, 3.8) is 0 Å². The Kier molecular flexibility index (Phi) is 4.16. The molecule has 0 amide bonds. The van der Waals surface area contributed by atoms with Crippen LogP contribution in [0, 0.1) is 10.1 Å². The molecule has 1 aliphatic carbocycles. The minimum atomic E-state index is -0.943. The van der Waals surface area contributed by atoms with Gasteiger partial charge in [-0.3, -0.25) is 10.1 Å². The van der Waals surface area contributed by atoms with Crippen LogP contribution in [0.15, 0.2) is 48.5 Å². The zero-order chi connectivity index (χ0) is 19.0. The lowest BCUT2D eigenvalue weighted by atomic mass is 9.86. The Morgan fingerprint density at radius 2 is 1.85 bits per heavy atom. The number of aromatic nitrogens is 1. The van der Waals surface area contributed by atoms with Gasteiger partial charge in [0.25, 0.3) is 5.69 Å². The van der Waals surface area contributed by atoms with Crippen molar-refractivity contribution in [2.45, 2.75) is 19.3 Å². The van der Waals surface area contributed by atoms with Crippen LogP contribution < -0.4 is 0 Å². The molecule has 6 nitrogen and oxygen atoms in total. The SMILES string of the molecule is O=C(O)c1c2c(nc3ccccc13)/C(=C\c1ccc([N+](=O)[O-])cc1)CCC2. The van der Waals surface area contributed by atoms with Crippen molar-refractivity contribution >= 4 is 34.2 Å². The van der Waals surface area contributed by atoms with Gasteiger partial charge in [-0.1, -0.05) is 18.2 Å². The van der Waals surface area contributed by atoms with Crippen molar-refractivity contribution in [1.82, 2.24) is 4.98 Å². The number of non-ortho nitro benzene ring substituents is 1. The van der Waals surface area contributed by atoms with Gasteiger partial charge in [-0.05, 0) is 60.2 Å². The Labute approximate surface area is 154 Å². The number of benzene rings is 2. The molecule has 0 radical (unpaired) electrons. The molecular formula is C21H16N2O4. The van der Waals surface area contributed by atoms with Crippen LogP contribution in [0.2, 0.25) is 0 Å². The number of nitrogens with zero attached hydrogens (tertiary/aromatic N) is 2. The smallest absolute Gasteiger partial charge is 0.336 e. The van der Waals surface area contributed by atoms with E-state index in [-0.39, 0.29) is 5.69 Å². The highest BCUT2D eigenvalue weighted by molar-refractivity contribution is 6.05. The monoisotopic (exact) mass is 360 g/mol. The van der Waals surface area contributed by atoms with Gasteiger partial charge in [0.1, 0.15) is 0 Å². The molecule has 0 saturated carbocycles. The lowest BCUT2D eigenvalue weighted by Gasteiger charge is -2.21. The van der Waals surface area contributed by atoms with Crippen LogP contribution in [0.3, 0.4) is 0 Å². The number of nitro groups is 1. The first-order valence-corrected chi connectivity index (χ1v) is 8.65. The Bertz CT molecular complexity index is 1100. The average molecular weight is 360 g/mol. The van der Waals surface area contributed by atoms with Gasteiger partial charge in [-0.15, -0.1) is 0 Å². The number of carboxylic acid groups (broad SMARTS) is 1. The van der Waals surface area contributed by atoms with Crippen LogP contribution in [0.5, 0.6) is 0 Å². The van der Waals surface area contributed by atoms with Crippen LogP contribution in [0.1, 0.15) is 40.0 Å². The van der Waals surface area contributed by atoms with Crippen LogP contribution >= 0.6 is 0 Å². The van der Waals surface area contributed by atoms with Crippen LogP contribution in [0.25, 0.3) is 22.6 Å². The second kappa shape index (κ2) is 6.64. The topological polar surface area (TPSA) is 93.3 Å². The second-order valence-corrected chi connectivity index (χ2v) is 6.51. The standard InChI is InChI=1S/C21H16N2O4/c24-21(25)19-16-5-1-2-7-18(16)22-20-14(4-3-6-17(19)20)12-13-8-10-15(11-9-13)23(26)27/h1-2,5,7-12H,3-4,6H2,(H,24,25)/b14-12-. The summed E-state index contributed by atoms with van der Waals surface area (Å²) in [6.07, 6.45) is 4.24. The van der Waals surface area contributed by atoms with Gasteiger partial charge >= 0.3 is 5.97 Å². The number of para-hydroxylation sites is 1. The lowest BCUT2D eigenvalue weighted by Crippen LogP contribution is -2.13. The van der Waals surface area contributed by atoms with Crippen LogP contribution in [0.4, 0.5) is 5.69 Å². The third-order valence-electron chi connectivity index (χ3n) is 4.83. The summed E-state index contributed by atoms with van der Waals surface area (Å²) in [4.78, 5) is 27.1. The molecule has 6 heteroatoms. The van der Waals surface area contributed by atoms with E-state index in [2.05, 4.69) is 0 Å². The van der Waals surface area contributed by atoms with Gasteiger partial charge in [-0.25, -0.2) is 9.78 Å². The maximum atomic E-state index is 11.9. The Balaban J connectivity index is 1.88. The quantitative estimate of drug-likeness (QED) is 0.539. The van der Waals surface area contributed by atoms with E-state index in [1.54, 1.807) is 18.2 Å². The average Bonchev–Trinajstić information content (AvgIpc) is 2.66. The number of fused-ring (bicyclic) bond motifs is 2. The van der Waals surface area contributed by atoms with Gasteiger partial charge in [0, 0.05) is 17.5 Å². The highest BCUT2D eigenvalue weighted by Gasteiger charge is 2.24. The molecule has 0 spiro atoms. The highest BCUT2D eigenvalue weighted by Crippen LogP contribution is 2.36. The molecule has 1 heterocycles. The first kappa shape index (κ1) is 16.9. The van der Waals surface area contributed by atoms with Crippen molar-refractivity contribution in [2.75, 3.05) is 0 Å². The number of nitro benzene ring substituents is 1. The number of allylic oxidation sites excluding steroid dienone is 1. The fourth-order valence-electron chi connectivity index (χ4n) is 3.61. The molecule has 27 heavy (non-hydrogen) atoms. The van der Waals surface area contributed by atoms with E-state index >= 15 is 0 Å². The summed E-state index contributed by atoms with van der Waals surface area (Å²) in [5.74, 6) is -0.943. The lowest BCUT2D eigenvalue weighted by molar-refractivity contribution is -0.384. The second-order valence-electron chi connectivity index (χ2n) is 6.51. The van der Waals surface area contributed by atoms with E-state index in [9.17, 15) is 20.0 Å². The molecule has 0 saturated heterocycles. The molecular weight excluding hydrogens is 344 g/mol. The molecule has 0 fully saturated rings. The third kappa shape index (κ3) is 3.06. The summed E-state index contributed by atoms with van der Waals surface area (Å²) >= 11 is 0. The maximum absolute atomic E-state index is 11.9. The van der Waals surface area contributed by atoms with E-state index < -0.39 is 10.9 Å². The molecule has 3 aromatic rings. The van der Waals surface area contributed by atoms with Crippen molar-refractivity contribution in [1.29, 1.82) is 0 Å². The number of hydrogen-bond donors (Lipinski definition) is 1. The number of rotatable bonds is 3. The molecule has 1 aliphatic rings. The fourth-order valence-corrected chi connectivity index (χ4v) is 3.61. The van der Waals surface area contributed by atoms with Crippen molar-refractivity contribution in [2.24, 2.45) is 0 Å². The summed E-state index contributed by atoms with van der Waals surface area (Å²) in [6.45, 7) is 0. The molecule has 4 rings (SSSR count). The first-order chi connectivity index (χ1) is 13.0. The van der Waals surface area contributed by atoms with E-state index in [0.29, 0.717) is 22.9 Å². The molecule has 134 valence electrons. The van der Waals surface area contributed by atoms with Gasteiger partial charge in [0.15, 0.2) is 0 Å². The Morgan fingerprint density at radius 3 is 2.56 bits per heavy atom. The fraction of sp³-hybridized carbons (Fsp3) is 0.143. The normalized spacial score (nSPS) is 14.9. The number of carbonyl (C=O) groups is 1. The zero-order valence-electron chi connectivity index (χ0n) is 14.4. The van der Waals surface area contributed by atoms with Crippen LogP contribution in [-0.4, -0.2) is 21.0 Å². The maximum Gasteiger partial charge on any atom is 0.336 e. The number of aromatic carboxylic acids is 1. The Hall–Kier alpha value is -3.54. The highest BCUT2D eigenvalue weighted by atomic mass is 16.6. The molecule has 0 atom stereocenters. The number of hydrogen-bond acceptors (Lipinski definition) is 4. The van der Waals surface area contributed by atoms with Gasteiger partial charge in [0.05, 0.1) is 21.7 Å². The predicted molar refractivity (Wildman–Crippen MR) is 103 cm³/mol. The van der Waals surface area contributed by atoms with Gasteiger partial charge < -0.3 is 5.11 Å². The molecule has 0 unspecified atom stereocenters. The first-order valence-electron chi connectivity index (χ1n) is 8.65. The number of pyridine rings is 1. The number of carboxylic acids is 1. The van der Waals surface area contributed by atoms with Crippen LogP contribution in [-0.2, 0) is 6.42 Å². The predicted octanol–water partition coefficient (Wildman–Crippen LogP) is 4.72. The van der Waals surface area contributed by atoms with Crippen molar-refractivity contribution < 1.29 is 14.8 Å².